The van der Waals surface area contributed by atoms with Crippen molar-refractivity contribution in [1.82, 2.24) is 19.5 Å². The van der Waals surface area contributed by atoms with Crippen LogP contribution < -0.4 is 0 Å². The molecule has 1 N–H and O–H groups in total. The predicted molar refractivity (Wildman–Crippen MR) is 86.6 cm³/mol. The predicted octanol–water partition coefficient (Wildman–Crippen LogP) is 4.28. The van der Waals surface area contributed by atoms with Crippen LogP contribution >= 0.6 is 23.8 Å². The number of imidazole rings is 1. The molecule has 3 heterocycles. The molecule has 0 fully saturated rings. The minimum Gasteiger partial charge on any atom is -0.329 e. The van der Waals surface area contributed by atoms with Gasteiger partial charge in [-0.1, -0.05) is 17.7 Å². The number of nitrogens with one attached hydrogen (secondary N) is 1. The Kier molecular flexibility index (Phi) is 2.77. The lowest BCUT2D eigenvalue weighted by molar-refractivity contribution is 1.05. The Morgan fingerprint density at radius 1 is 1.14 bits per heavy atom. The Morgan fingerprint density at radius 3 is 2.95 bits per heavy atom. The van der Waals surface area contributed by atoms with E-state index in [9.17, 15) is 0 Å². The summed E-state index contributed by atoms with van der Waals surface area (Å²) in [4.78, 5) is 11.9. The molecule has 0 amide bonds. The third-order valence-electron chi connectivity index (χ3n) is 3.35. The highest BCUT2D eigenvalue weighted by atomic mass is 35.5. The molecule has 6 heteroatoms. The first-order valence-electron chi connectivity index (χ1n) is 6.34. The van der Waals surface area contributed by atoms with Crippen molar-refractivity contribution in [3.8, 4) is 5.69 Å². The summed E-state index contributed by atoms with van der Waals surface area (Å²) in [7, 11) is 0. The minimum atomic E-state index is 0.575. The Balaban J connectivity index is 2.14. The Labute approximate surface area is 130 Å². The maximum atomic E-state index is 5.99. The molecule has 1 aromatic carbocycles. The summed E-state index contributed by atoms with van der Waals surface area (Å²) in [5, 5.41) is 1.60. The first kappa shape index (κ1) is 12.5. The first-order chi connectivity index (χ1) is 10.2. The zero-order chi connectivity index (χ0) is 14.4. The van der Waals surface area contributed by atoms with Gasteiger partial charge < -0.3 is 4.98 Å². The average molecular weight is 313 g/mol. The van der Waals surface area contributed by atoms with E-state index in [-0.39, 0.29) is 0 Å². The van der Waals surface area contributed by atoms with E-state index in [1.54, 1.807) is 12.4 Å². The van der Waals surface area contributed by atoms with Crippen LogP contribution in [0.25, 0.3) is 27.8 Å². The smallest absolute Gasteiger partial charge is 0.184 e. The van der Waals surface area contributed by atoms with E-state index in [4.69, 9.17) is 23.8 Å². The molecule has 0 aliphatic rings. The molecule has 0 saturated carbocycles. The van der Waals surface area contributed by atoms with E-state index >= 15 is 0 Å². The lowest BCUT2D eigenvalue weighted by atomic mass is 10.2. The highest BCUT2D eigenvalue weighted by Crippen LogP contribution is 2.25. The fraction of sp³-hybridized carbons (Fsp3) is 0. The monoisotopic (exact) mass is 312 g/mol. The Hall–Kier alpha value is -2.24. The highest BCUT2D eigenvalue weighted by Gasteiger charge is 2.11. The van der Waals surface area contributed by atoms with Crippen LogP contribution in [0.2, 0.25) is 5.02 Å². The van der Waals surface area contributed by atoms with E-state index < -0.39 is 0 Å². The van der Waals surface area contributed by atoms with Crippen LogP contribution in [0, 0.1) is 4.77 Å². The van der Waals surface area contributed by atoms with Gasteiger partial charge in [0.1, 0.15) is 0 Å². The molecule has 4 rings (SSSR count). The maximum absolute atomic E-state index is 5.99. The molecule has 21 heavy (non-hydrogen) atoms. The van der Waals surface area contributed by atoms with Crippen molar-refractivity contribution in [2.24, 2.45) is 0 Å². The van der Waals surface area contributed by atoms with Crippen molar-refractivity contribution in [2.75, 3.05) is 0 Å². The third kappa shape index (κ3) is 1.93. The SMILES string of the molecule is S=c1[nH]c2cc(Cl)cnc2n1-c1cccc2ncccc12. The normalized spacial score (nSPS) is 11.3. The largest absolute Gasteiger partial charge is 0.329 e. The van der Waals surface area contributed by atoms with Crippen LogP contribution in [0.5, 0.6) is 0 Å². The Morgan fingerprint density at radius 2 is 2.05 bits per heavy atom. The number of fused-ring (bicyclic) bond motifs is 2. The molecule has 0 spiro atoms. The van der Waals surface area contributed by atoms with Crippen LogP contribution in [0.15, 0.2) is 48.8 Å². The molecular weight excluding hydrogens is 304 g/mol. The van der Waals surface area contributed by atoms with E-state index in [1.807, 2.05) is 41.0 Å². The lowest BCUT2D eigenvalue weighted by Gasteiger charge is -2.07. The fourth-order valence-electron chi connectivity index (χ4n) is 2.48. The van der Waals surface area contributed by atoms with Crippen molar-refractivity contribution >= 4 is 45.9 Å². The Bertz CT molecular complexity index is 1030. The molecule has 0 saturated heterocycles. The maximum Gasteiger partial charge on any atom is 0.184 e. The fourth-order valence-corrected chi connectivity index (χ4v) is 2.93. The number of aromatic amines is 1. The number of hydrogen-bond donors (Lipinski definition) is 1. The van der Waals surface area contributed by atoms with Gasteiger partial charge in [-0.3, -0.25) is 9.55 Å². The minimum absolute atomic E-state index is 0.575. The van der Waals surface area contributed by atoms with Crippen molar-refractivity contribution in [3.63, 3.8) is 0 Å². The van der Waals surface area contributed by atoms with Crippen LogP contribution in [0.4, 0.5) is 0 Å². The van der Waals surface area contributed by atoms with Gasteiger partial charge in [0.05, 0.1) is 21.7 Å². The summed E-state index contributed by atoms with van der Waals surface area (Å²) in [6.45, 7) is 0. The summed E-state index contributed by atoms with van der Waals surface area (Å²) < 4.78 is 2.49. The van der Waals surface area contributed by atoms with E-state index in [0.717, 1.165) is 27.8 Å². The molecule has 0 atom stereocenters. The number of hydrogen-bond acceptors (Lipinski definition) is 3. The molecule has 102 valence electrons. The van der Waals surface area contributed by atoms with Gasteiger partial charge in [0.25, 0.3) is 0 Å². The highest BCUT2D eigenvalue weighted by molar-refractivity contribution is 7.71. The molecule has 4 aromatic rings. The number of pyridine rings is 2. The van der Waals surface area contributed by atoms with Crippen molar-refractivity contribution < 1.29 is 0 Å². The molecule has 4 nitrogen and oxygen atoms in total. The molecule has 0 unspecified atom stereocenters. The van der Waals surface area contributed by atoms with Gasteiger partial charge in [0, 0.05) is 17.8 Å². The summed E-state index contributed by atoms with van der Waals surface area (Å²) in [5.74, 6) is 0. The van der Waals surface area contributed by atoms with Gasteiger partial charge in [0.2, 0.25) is 0 Å². The number of nitrogens with zero attached hydrogens (tertiary/aromatic N) is 3. The number of halogens is 1. The topological polar surface area (TPSA) is 46.5 Å². The van der Waals surface area contributed by atoms with Crippen LogP contribution in [0.3, 0.4) is 0 Å². The third-order valence-corrected chi connectivity index (χ3v) is 3.84. The number of benzene rings is 1. The van der Waals surface area contributed by atoms with E-state index in [1.165, 1.54) is 0 Å². The number of rotatable bonds is 1. The standard InChI is InChI=1S/C15H9ClN4S/c16-9-7-12-14(18-8-9)20(15(21)19-12)13-5-1-4-11-10(13)3-2-6-17-11/h1-8H,(H,19,21). The molecule has 0 aliphatic carbocycles. The quantitative estimate of drug-likeness (QED) is 0.533. The first-order valence-corrected chi connectivity index (χ1v) is 7.13. The molecule has 3 aromatic heterocycles. The van der Waals surface area contributed by atoms with Gasteiger partial charge in [-0.15, -0.1) is 0 Å². The molecular formula is C15H9ClN4S. The lowest BCUT2D eigenvalue weighted by Crippen LogP contribution is -1.97. The molecule has 0 bridgehead atoms. The average Bonchev–Trinajstić information content (AvgIpc) is 2.81. The van der Waals surface area contributed by atoms with Crippen molar-refractivity contribution in [3.05, 3.63) is 58.6 Å². The van der Waals surface area contributed by atoms with Gasteiger partial charge in [-0.05, 0) is 42.5 Å². The van der Waals surface area contributed by atoms with Crippen molar-refractivity contribution in [1.29, 1.82) is 0 Å². The van der Waals surface area contributed by atoms with Gasteiger partial charge in [-0.2, -0.15) is 0 Å². The molecule has 0 aliphatic heterocycles. The zero-order valence-electron chi connectivity index (χ0n) is 10.7. The number of aromatic nitrogens is 4. The summed E-state index contributed by atoms with van der Waals surface area (Å²) in [6, 6.07) is 11.7. The van der Waals surface area contributed by atoms with Crippen LogP contribution in [0.1, 0.15) is 0 Å². The zero-order valence-corrected chi connectivity index (χ0v) is 12.3. The second-order valence-corrected chi connectivity index (χ2v) is 5.46. The summed E-state index contributed by atoms with van der Waals surface area (Å²) in [5.41, 5.74) is 3.43. The summed E-state index contributed by atoms with van der Waals surface area (Å²) in [6.07, 6.45) is 3.39. The van der Waals surface area contributed by atoms with Gasteiger partial charge in [0.15, 0.2) is 10.4 Å². The van der Waals surface area contributed by atoms with Crippen LogP contribution in [-0.2, 0) is 0 Å². The van der Waals surface area contributed by atoms with E-state index in [2.05, 4.69) is 15.0 Å². The van der Waals surface area contributed by atoms with Crippen molar-refractivity contribution in [2.45, 2.75) is 0 Å². The van der Waals surface area contributed by atoms with Crippen LogP contribution in [-0.4, -0.2) is 19.5 Å². The van der Waals surface area contributed by atoms with E-state index in [0.29, 0.717) is 9.79 Å². The number of H-pyrrole nitrogens is 1. The second kappa shape index (κ2) is 4.65. The summed E-state index contributed by atoms with van der Waals surface area (Å²) >= 11 is 11.4. The second-order valence-electron chi connectivity index (χ2n) is 4.64. The molecule has 0 radical (unpaired) electrons. The van der Waals surface area contributed by atoms with Gasteiger partial charge >= 0.3 is 0 Å². The van der Waals surface area contributed by atoms with Gasteiger partial charge in [-0.25, -0.2) is 4.98 Å².